The van der Waals surface area contributed by atoms with Crippen molar-refractivity contribution in [2.75, 3.05) is 6.61 Å². The van der Waals surface area contributed by atoms with E-state index < -0.39 is 5.82 Å². The summed E-state index contributed by atoms with van der Waals surface area (Å²) in [5, 5.41) is 0. The number of rotatable bonds is 10. The van der Waals surface area contributed by atoms with E-state index in [0.717, 1.165) is 55.3 Å². The zero-order chi connectivity index (χ0) is 24.6. The van der Waals surface area contributed by atoms with Crippen LogP contribution in [-0.4, -0.2) is 12.6 Å². The Bertz CT molecular complexity index is 829. The Morgan fingerprint density at radius 1 is 0.971 bits per heavy atom. The molecule has 4 rings (SSSR count). The summed E-state index contributed by atoms with van der Waals surface area (Å²) in [6, 6.07) is 4.34. The van der Waals surface area contributed by atoms with Crippen LogP contribution in [0.1, 0.15) is 96.8 Å². The van der Waals surface area contributed by atoms with Gasteiger partial charge in [0.2, 0.25) is 0 Å². The van der Waals surface area contributed by atoms with Crippen LogP contribution in [0.3, 0.4) is 0 Å². The molecule has 0 aliphatic heterocycles. The van der Waals surface area contributed by atoms with Crippen LogP contribution in [-0.2, 0) is 4.79 Å². The maximum atomic E-state index is 14.2. The molecule has 0 heterocycles. The largest absolute Gasteiger partial charge is 0.486 e. The summed E-state index contributed by atoms with van der Waals surface area (Å²) in [6.45, 7) is 6.10. The fourth-order valence-electron chi connectivity index (χ4n) is 7.23. The molecule has 1 aromatic rings. The summed E-state index contributed by atoms with van der Waals surface area (Å²) in [7, 11) is 0. The molecular weight excluding hydrogens is 439 g/mol. The average molecular weight is 485 g/mol. The first-order chi connectivity index (χ1) is 17.1. The van der Waals surface area contributed by atoms with Crippen molar-refractivity contribution >= 4 is 5.97 Å². The van der Waals surface area contributed by atoms with E-state index in [-0.39, 0.29) is 30.0 Å². The van der Waals surface area contributed by atoms with Crippen LogP contribution < -0.4 is 9.47 Å². The van der Waals surface area contributed by atoms with Crippen molar-refractivity contribution in [2.24, 2.45) is 35.5 Å². The number of unbranched alkanes of at least 4 members (excludes halogenated alkanes) is 2. The lowest BCUT2D eigenvalue weighted by molar-refractivity contribution is -0.140. The number of halogens is 1. The first-order valence-electron chi connectivity index (χ1n) is 14.3. The van der Waals surface area contributed by atoms with Crippen molar-refractivity contribution in [3.63, 3.8) is 0 Å². The maximum Gasteiger partial charge on any atom is 0.314 e. The molecular formula is C31H45FO3. The molecule has 3 fully saturated rings. The Hall–Kier alpha value is -1.84. The van der Waals surface area contributed by atoms with Crippen LogP contribution in [0, 0.1) is 41.3 Å². The number of hydrogen-bond donors (Lipinski definition) is 0. The van der Waals surface area contributed by atoms with Gasteiger partial charge in [0.05, 0.1) is 5.92 Å². The highest BCUT2D eigenvalue weighted by atomic mass is 19.1. The van der Waals surface area contributed by atoms with Crippen molar-refractivity contribution < 1.29 is 18.7 Å². The van der Waals surface area contributed by atoms with E-state index in [1.165, 1.54) is 76.3 Å². The van der Waals surface area contributed by atoms with Gasteiger partial charge in [-0.15, -0.1) is 0 Å². The van der Waals surface area contributed by atoms with E-state index in [1.807, 2.05) is 0 Å². The molecule has 0 N–H and O–H groups in total. The standard InChI is InChI=1S/C31H45FO3/c1-3-5-6-7-22-8-9-27-20-26(15-14-25(27)19-22)23-10-12-24(13-11-23)31(33)35-28-16-17-30(29(32)21-28)34-18-4-2/h4,16-17,21-27H,2-3,5-15,18-20H2,1H3. The Morgan fingerprint density at radius 2 is 1.66 bits per heavy atom. The first-order valence-corrected chi connectivity index (χ1v) is 14.3. The zero-order valence-electron chi connectivity index (χ0n) is 21.7. The third kappa shape index (κ3) is 7.11. The van der Waals surface area contributed by atoms with Gasteiger partial charge in [-0.05, 0) is 99.5 Å². The molecule has 3 aliphatic rings. The molecule has 0 saturated heterocycles. The predicted molar refractivity (Wildman–Crippen MR) is 139 cm³/mol. The second-order valence-electron chi connectivity index (χ2n) is 11.5. The van der Waals surface area contributed by atoms with E-state index in [9.17, 15) is 9.18 Å². The Balaban J connectivity index is 1.20. The van der Waals surface area contributed by atoms with Gasteiger partial charge in [0, 0.05) is 6.07 Å². The van der Waals surface area contributed by atoms with Crippen LogP contribution in [0.4, 0.5) is 4.39 Å². The highest BCUT2D eigenvalue weighted by Crippen LogP contribution is 2.49. The molecule has 0 bridgehead atoms. The zero-order valence-corrected chi connectivity index (χ0v) is 21.7. The summed E-state index contributed by atoms with van der Waals surface area (Å²) in [5.41, 5.74) is 0. The van der Waals surface area contributed by atoms with Gasteiger partial charge in [-0.2, -0.15) is 0 Å². The van der Waals surface area contributed by atoms with Crippen molar-refractivity contribution in [2.45, 2.75) is 96.8 Å². The van der Waals surface area contributed by atoms with Crippen LogP contribution >= 0.6 is 0 Å². The molecule has 3 saturated carbocycles. The fourth-order valence-corrected chi connectivity index (χ4v) is 7.23. The highest BCUT2D eigenvalue weighted by Gasteiger charge is 2.39. The molecule has 3 nitrogen and oxygen atoms in total. The van der Waals surface area contributed by atoms with Crippen LogP contribution in [0.15, 0.2) is 30.9 Å². The molecule has 0 amide bonds. The van der Waals surface area contributed by atoms with Crippen molar-refractivity contribution in [3.05, 3.63) is 36.7 Å². The van der Waals surface area contributed by atoms with Gasteiger partial charge in [-0.3, -0.25) is 4.79 Å². The number of ether oxygens (including phenoxy) is 2. The molecule has 4 unspecified atom stereocenters. The molecule has 0 radical (unpaired) electrons. The van der Waals surface area contributed by atoms with E-state index in [1.54, 1.807) is 12.1 Å². The number of benzene rings is 1. The smallest absolute Gasteiger partial charge is 0.314 e. The summed E-state index contributed by atoms with van der Waals surface area (Å²) >= 11 is 0. The minimum Gasteiger partial charge on any atom is -0.486 e. The Morgan fingerprint density at radius 3 is 2.37 bits per heavy atom. The minimum atomic E-state index is -0.522. The van der Waals surface area contributed by atoms with E-state index in [2.05, 4.69) is 13.5 Å². The Kier molecular flexibility index (Phi) is 9.68. The van der Waals surface area contributed by atoms with Crippen LogP contribution in [0.5, 0.6) is 11.5 Å². The van der Waals surface area contributed by atoms with Crippen molar-refractivity contribution in [3.8, 4) is 11.5 Å². The summed E-state index contributed by atoms with van der Waals surface area (Å²) in [6.07, 6.45) is 19.9. The lowest BCUT2D eigenvalue weighted by Gasteiger charge is -2.45. The molecule has 194 valence electrons. The molecule has 3 aliphatic carbocycles. The van der Waals surface area contributed by atoms with Gasteiger partial charge < -0.3 is 9.47 Å². The number of fused-ring (bicyclic) bond motifs is 1. The summed E-state index contributed by atoms with van der Waals surface area (Å²) in [4.78, 5) is 12.7. The molecule has 1 aromatic carbocycles. The number of carbonyl (C=O) groups is 1. The quantitative estimate of drug-likeness (QED) is 0.144. The van der Waals surface area contributed by atoms with Gasteiger partial charge in [0.1, 0.15) is 12.4 Å². The summed E-state index contributed by atoms with van der Waals surface area (Å²) < 4.78 is 25.0. The van der Waals surface area contributed by atoms with Crippen molar-refractivity contribution in [1.29, 1.82) is 0 Å². The van der Waals surface area contributed by atoms with E-state index in [0.29, 0.717) is 0 Å². The first kappa shape index (κ1) is 26.2. The Labute approximate surface area is 211 Å². The third-order valence-corrected chi connectivity index (χ3v) is 9.23. The van der Waals surface area contributed by atoms with Gasteiger partial charge in [0.25, 0.3) is 0 Å². The molecule has 4 heteroatoms. The van der Waals surface area contributed by atoms with Gasteiger partial charge >= 0.3 is 5.97 Å². The van der Waals surface area contributed by atoms with Gasteiger partial charge in [0.15, 0.2) is 11.6 Å². The average Bonchev–Trinajstić information content (AvgIpc) is 2.88. The fraction of sp³-hybridized carbons (Fsp3) is 0.710. The van der Waals surface area contributed by atoms with Crippen molar-refractivity contribution in [1.82, 2.24) is 0 Å². The number of esters is 1. The van der Waals surface area contributed by atoms with Crippen LogP contribution in [0.2, 0.25) is 0 Å². The third-order valence-electron chi connectivity index (χ3n) is 9.23. The highest BCUT2D eigenvalue weighted by molar-refractivity contribution is 5.75. The molecule has 0 aromatic heterocycles. The lowest BCUT2D eigenvalue weighted by Crippen LogP contribution is -2.35. The van der Waals surface area contributed by atoms with Gasteiger partial charge in [-0.1, -0.05) is 51.7 Å². The minimum absolute atomic E-state index is 0.0686. The molecule has 0 spiro atoms. The number of carbonyl (C=O) groups excluding carboxylic acids is 1. The molecule has 35 heavy (non-hydrogen) atoms. The second-order valence-corrected chi connectivity index (χ2v) is 11.5. The lowest BCUT2D eigenvalue weighted by atomic mass is 9.60. The SMILES string of the molecule is C=CCOc1ccc(OC(=O)C2CCC(C3CCC4CC(CCCCC)CCC4C3)CC2)cc1F. The predicted octanol–water partition coefficient (Wildman–Crippen LogP) is 8.52. The summed E-state index contributed by atoms with van der Waals surface area (Å²) in [5.74, 6) is 4.13. The van der Waals surface area contributed by atoms with Crippen LogP contribution in [0.25, 0.3) is 0 Å². The monoisotopic (exact) mass is 484 g/mol. The topological polar surface area (TPSA) is 35.5 Å². The molecule has 4 atom stereocenters. The second kappa shape index (κ2) is 12.9. The van der Waals surface area contributed by atoms with E-state index >= 15 is 0 Å². The normalized spacial score (nSPS) is 30.8. The van der Waals surface area contributed by atoms with Gasteiger partial charge in [-0.25, -0.2) is 4.39 Å². The maximum absolute atomic E-state index is 14.2. The van der Waals surface area contributed by atoms with E-state index in [4.69, 9.17) is 9.47 Å². The number of hydrogen-bond acceptors (Lipinski definition) is 3.